The molecular formula is C11H11F5O2. The Balaban J connectivity index is 3.19. The molecule has 18 heavy (non-hydrogen) atoms. The number of aliphatic hydroxyl groups excluding tert-OH is 1. The van der Waals surface area contributed by atoms with Gasteiger partial charge in [0.25, 0.3) is 0 Å². The quantitative estimate of drug-likeness (QED) is 0.829. The maximum atomic E-state index is 13.2. The van der Waals surface area contributed by atoms with E-state index in [1.165, 1.54) is 0 Å². The Bertz CT molecular complexity index is 408. The molecule has 0 heterocycles. The number of rotatable bonds is 3. The van der Waals surface area contributed by atoms with E-state index in [0.29, 0.717) is 12.5 Å². The zero-order valence-electron chi connectivity index (χ0n) is 9.30. The smallest absolute Gasteiger partial charge is 0.392 e. The summed E-state index contributed by atoms with van der Waals surface area (Å²) in [6, 6.07) is 4.17. The highest BCUT2D eigenvalue weighted by atomic mass is 19.4. The van der Waals surface area contributed by atoms with Gasteiger partial charge in [-0.15, -0.1) is 0 Å². The first-order chi connectivity index (χ1) is 8.04. The molecule has 0 saturated carbocycles. The molecular weight excluding hydrogens is 259 g/mol. The van der Waals surface area contributed by atoms with Crippen LogP contribution in [0.25, 0.3) is 0 Å². The van der Waals surface area contributed by atoms with Gasteiger partial charge in [0.05, 0.1) is 6.61 Å². The van der Waals surface area contributed by atoms with Gasteiger partial charge in [0.15, 0.2) is 5.60 Å². The molecule has 0 bridgehead atoms. The topological polar surface area (TPSA) is 40.5 Å². The predicted octanol–water partition coefficient (Wildman–Crippen LogP) is 2.58. The molecule has 7 heteroatoms. The van der Waals surface area contributed by atoms with Gasteiger partial charge in [-0.3, -0.25) is 0 Å². The summed E-state index contributed by atoms with van der Waals surface area (Å²) >= 11 is 0. The van der Waals surface area contributed by atoms with Gasteiger partial charge in [0.1, 0.15) is 0 Å². The normalized spacial score (nSPS) is 16.4. The highest BCUT2D eigenvalue weighted by molar-refractivity contribution is 5.29. The molecule has 1 atom stereocenters. The van der Waals surface area contributed by atoms with Gasteiger partial charge in [-0.2, -0.15) is 22.0 Å². The first-order valence-electron chi connectivity index (χ1n) is 4.91. The van der Waals surface area contributed by atoms with Crippen molar-refractivity contribution in [3.63, 3.8) is 0 Å². The van der Waals surface area contributed by atoms with E-state index in [1.54, 1.807) is 0 Å². The average Bonchev–Trinajstić information content (AvgIpc) is 2.27. The van der Waals surface area contributed by atoms with E-state index in [4.69, 9.17) is 5.11 Å². The molecule has 0 saturated heterocycles. The molecule has 102 valence electrons. The number of aliphatic hydroxyl groups is 2. The molecule has 1 aromatic carbocycles. The van der Waals surface area contributed by atoms with Gasteiger partial charge >= 0.3 is 12.1 Å². The Hall–Kier alpha value is -1.21. The minimum atomic E-state index is -5.86. The van der Waals surface area contributed by atoms with Crippen LogP contribution in [0.1, 0.15) is 18.1 Å². The molecule has 0 spiro atoms. The Morgan fingerprint density at radius 2 is 1.44 bits per heavy atom. The maximum absolute atomic E-state index is 13.2. The van der Waals surface area contributed by atoms with Gasteiger partial charge in [0, 0.05) is 0 Å². The van der Waals surface area contributed by atoms with E-state index >= 15 is 0 Å². The second kappa shape index (κ2) is 4.47. The van der Waals surface area contributed by atoms with Crippen molar-refractivity contribution in [2.24, 2.45) is 0 Å². The van der Waals surface area contributed by atoms with Crippen molar-refractivity contribution in [2.45, 2.75) is 31.2 Å². The largest absolute Gasteiger partial charge is 0.456 e. The Morgan fingerprint density at radius 3 is 1.78 bits per heavy atom. The van der Waals surface area contributed by atoms with Crippen LogP contribution in [0.5, 0.6) is 0 Å². The van der Waals surface area contributed by atoms with Crippen molar-refractivity contribution < 1.29 is 32.2 Å². The zero-order valence-corrected chi connectivity index (χ0v) is 9.30. The number of hydrogen-bond acceptors (Lipinski definition) is 2. The van der Waals surface area contributed by atoms with Crippen LogP contribution < -0.4 is 0 Å². The number of benzene rings is 1. The van der Waals surface area contributed by atoms with E-state index < -0.39 is 23.3 Å². The third kappa shape index (κ3) is 2.32. The van der Waals surface area contributed by atoms with Crippen molar-refractivity contribution in [1.82, 2.24) is 0 Å². The van der Waals surface area contributed by atoms with Crippen LogP contribution in [-0.2, 0) is 12.2 Å². The second-order valence-corrected chi connectivity index (χ2v) is 4.00. The summed E-state index contributed by atoms with van der Waals surface area (Å²) in [7, 11) is 0. The fraction of sp³-hybridized carbons (Fsp3) is 0.455. The molecule has 1 rings (SSSR count). The fourth-order valence-electron chi connectivity index (χ4n) is 1.39. The monoisotopic (exact) mass is 270 g/mol. The molecule has 0 aromatic heterocycles. The molecule has 0 fully saturated rings. The Labute approximate surface area is 99.7 Å². The lowest BCUT2D eigenvalue weighted by molar-refractivity contribution is -0.342. The highest BCUT2D eigenvalue weighted by Crippen LogP contribution is 2.48. The first kappa shape index (κ1) is 14.8. The SMILES string of the molecule is CC(O)(c1ccc(CO)cc1)C(F)(F)C(F)(F)F. The van der Waals surface area contributed by atoms with Crippen LogP contribution in [-0.4, -0.2) is 22.3 Å². The lowest BCUT2D eigenvalue weighted by atomic mass is 9.88. The van der Waals surface area contributed by atoms with Crippen molar-refractivity contribution >= 4 is 0 Å². The van der Waals surface area contributed by atoms with Crippen molar-refractivity contribution in [3.05, 3.63) is 35.4 Å². The van der Waals surface area contributed by atoms with E-state index in [-0.39, 0.29) is 6.61 Å². The van der Waals surface area contributed by atoms with Gasteiger partial charge < -0.3 is 10.2 Å². The molecule has 0 aliphatic rings. The summed E-state index contributed by atoms with van der Waals surface area (Å²) in [6.45, 7) is 0.0204. The standard InChI is InChI=1S/C11H11F5O2/c1-9(18,10(12,13)11(14,15)16)8-4-2-7(6-17)3-5-8/h2-5,17-18H,6H2,1H3. The summed E-state index contributed by atoms with van der Waals surface area (Å²) in [4.78, 5) is 0. The molecule has 0 radical (unpaired) electrons. The number of alkyl halides is 5. The van der Waals surface area contributed by atoms with E-state index in [9.17, 15) is 27.1 Å². The van der Waals surface area contributed by atoms with Crippen LogP contribution in [0, 0.1) is 0 Å². The summed E-state index contributed by atoms with van der Waals surface area (Å²) in [5.74, 6) is -5.28. The van der Waals surface area contributed by atoms with Crippen LogP contribution in [0.2, 0.25) is 0 Å². The van der Waals surface area contributed by atoms with Gasteiger partial charge in [-0.25, -0.2) is 0 Å². The Kier molecular flexibility index (Phi) is 3.69. The van der Waals surface area contributed by atoms with Crippen LogP contribution in [0.3, 0.4) is 0 Å². The van der Waals surface area contributed by atoms with Crippen LogP contribution in [0.4, 0.5) is 22.0 Å². The third-order valence-corrected chi connectivity index (χ3v) is 2.67. The van der Waals surface area contributed by atoms with Gasteiger partial charge in [0.2, 0.25) is 0 Å². The fourth-order valence-corrected chi connectivity index (χ4v) is 1.39. The molecule has 0 aliphatic carbocycles. The summed E-state index contributed by atoms with van der Waals surface area (Å²) in [6.07, 6.45) is -5.86. The van der Waals surface area contributed by atoms with Crippen molar-refractivity contribution in [3.8, 4) is 0 Å². The predicted molar refractivity (Wildman–Crippen MR) is 52.9 cm³/mol. The lowest BCUT2D eigenvalue weighted by Gasteiger charge is -2.34. The summed E-state index contributed by atoms with van der Waals surface area (Å²) < 4.78 is 62.9. The minimum absolute atomic E-state index is 0.338. The van der Waals surface area contributed by atoms with Crippen molar-refractivity contribution in [2.75, 3.05) is 0 Å². The third-order valence-electron chi connectivity index (χ3n) is 2.67. The molecule has 1 unspecified atom stereocenters. The van der Waals surface area contributed by atoms with Crippen LogP contribution >= 0.6 is 0 Å². The first-order valence-corrected chi connectivity index (χ1v) is 4.91. The summed E-state index contributed by atoms with van der Waals surface area (Å²) in [5.41, 5.74) is -3.62. The Morgan fingerprint density at radius 1 is 1.00 bits per heavy atom. The molecule has 2 nitrogen and oxygen atoms in total. The lowest BCUT2D eigenvalue weighted by Crippen LogP contribution is -2.53. The average molecular weight is 270 g/mol. The number of halogens is 5. The molecule has 0 aliphatic heterocycles. The van der Waals surface area contributed by atoms with Gasteiger partial charge in [-0.1, -0.05) is 24.3 Å². The zero-order chi connectivity index (χ0) is 14.2. The number of hydrogen-bond donors (Lipinski definition) is 2. The highest BCUT2D eigenvalue weighted by Gasteiger charge is 2.68. The van der Waals surface area contributed by atoms with Crippen molar-refractivity contribution in [1.29, 1.82) is 0 Å². The summed E-state index contributed by atoms with van der Waals surface area (Å²) in [5, 5.41) is 18.2. The minimum Gasteiger partial charge on any atom is -0.392 e. The second-order valence-electron chi connectivity index (χ2n) is 4.00. The molecule has 0 amide bonds. The van der Waals surface area contributed by atoms with Gasteiger partial charge in [-0.05, 0) is 18.1 Å². The van der Waals surface area contributed by atoms with E-state index in [1.807, 2.05) is 0 Å². The maximum Gasteiger partial charge on any atom is 0.456 e. The molecule has 2 N–H and O–H groups in total. The molecule has 1 aromatic rings. The van der Waals surface area contributed by atoms with E-state index in [2.05, 4.69) is 0 Å². The van der Waals surface area contributed by atoms with E-state index in [0.717, 1.165) is 24.3 Å². The van der Waals surface area contributed by atoms with Crippen LogP contribution in [0.15, 0.2) is 24.3 Å².